The van der Waals surface area contributed by atoms with Crippen LogP contribution in [0.2, 0.25) is 0 Å². The van der Waals surface area contributed by atoms with Gasteiger partial charge in [0.15, 0.2) is 0 Å². The van der Waals surface area contributed by atoms with Gasteiger partial charge in [0.05, 0.1) is 26.2 Å². The van der Waals surface area contributed by atoms with Crippen molar-refractivity contribution in [1.82, 2.24) is 9.88 Å². The summed E-state index contributed by atoms with van der Waals surface area (Å²) in [6.45, 7) is 3.52. The number of para-hydroxylation sites is 1. The van der Waals surface area contributed by atoms with E-state index in [1.165, 1.54) is 17.5 Å². The number of carbonyl (C=O) groups is 1. The van der Waals surface area contributed by atoms with E-state index in [1.54, 1.807) is 14.2 Å². The van der Waals surface area contributed by atoms with E-state index >= 15 is 0 Å². The number of ether oxygens (including phenoxy) is 2. The molecule has 2 aromatic heterocycles. The lowest BCUT2D eigenvalue weighted by Crippen LogP contribution is -2.20. The summed E-state index contributed by atoms with van der Waals surface area (Å²) in [6.07, 6.45) is 1.44. The number of hydrogen-bond acceptors (Lipinski definition) is 6. The Bertz CT molecular complexity index is 1390. The van der Waals surface area contributed by atoms with E-state index in [1.807, 2.05) is 60.0 Å². The van der Waals surface area contributed by atoms with E-state index in [0.29, 0.717) is 30.8 Å². The van der Waals surface area contributed by atoms with Crippen molar-refractivity contribution < 1.29 is 19.4 Å². The van der Waals surface area contributed by atoms with Crippen molar-refractivity contribution in [2.24, 2.45) is 0 Å². The Morgan fingerprint density at radius 2 is 1.82 bits per heavy atom. The standard InChI is InChI=1S/C26H26N2O5S/c1-4-27-13-19-22-23(29)20(26(30)31)15-28(14-17-7-5-6-8-21(17)33-3)25(22)34-24(19)16-9-11-18(32-2)12-10-16/h5-12,15,27H,4,13-14H2,1-3H3,(H,30,31). The number of benzene rings is 2. The minimum absolute atomic E-state index is 0.251. The third kappa shape index (κ3) is 4.42. The molecule has 34 heavy (non-hydrogen) atoms. The molecule has 0 amide bonds. The number of hydrogen-bond donors (Lipinski definition) is 2. The molecule has 0 spiro atoms. The summed E-state index contributed by atoms with van der Waals surface area (Å²) in [4.78, 5) is 27.0. The highest BCUT2D eigenvalue weighted by Gasteiger charge is 2.23. The number of thiophene rings is 1. The van der Waals surface area contributed by atoms with Crippen LogP contribution in [0.15, 0.2) is 59.5 Å². The lowest BCUT2D eigenvalue weighted by molar-refractivity contribution is 0.0695. The van der Waals surface area contributed by atoms with E-state index in [4.69, 9.17) is 9.47 Å². The van der Waals surface area contributed by atoms with Crippen molar-refractivity contribution >= 4 is 27.5 Å². The molecule has 4 rings (SSSR count). The SMILES string of the molecule is CCNCc1c(-c2ccc(OC)cc2)sc2c1c(=O)c(C(=O)O)cn2Cc1ccccc1OC. The van der Waals surface area contributed by atoms with Crippen LogP contribution in [0.3, 0.4) is 0 Å². The van der Waals surface area contributed by atoms with Crippen molar-refractivity contribution in [2.75, 3.05) is 20.8 Å². The largest absolute Gasteiger partial charge is 0.497 e. The van der Waals surface area contributed by atoms with Crippen LogP contribution in [-0.2, 0) is 13.1 Å². The van der Waals surface area contributed by atoms with Crippen LogP contribution in [0.25, 0.3) is 20.7 Å². The third-order valence-corrected chi connectivity index (χ3v) is 6.99. The maximum Gasteiger partial charge on any atom is 0.341 e. The average Bonchev–Trinajstić information content (AvgIpc) is 3.24. The van der Waals surface area contributed by atoms with Gasteiger partial charge in [-0.05, 0) is 48.0 Å². The van der Waals surface area contributed by atoms with E-state index in [0.717, 1.165) is 32.1 Å². The maximum atomic E-state index is 13.4. The van der Waals surface area contributed by atoms with Crippen LogP contribution in [0.4, 0.5) is 0 Å². The fourth-order valence-corrected chi connectivity index (χ4v) is 5.27. The Labute approximate surface area is 201 Å². The molecule has 2 heterocycles. The predicted molar refractivity (Wildman–Crippen MR) is 135 cm³/mol. The Morgan fingerprint density at radius 1 is 1.09 bits per heavy atom. The number of fused-ring (bicyclic) bond motifs is 1. The predicted octanol–water partition coefficient (Wildman–Crippen LogP) is 4.60. The second-order valence-electron chi connectivity index (χ2n) is 7.72. The molecule has 0 radical (unpaired) electrons. The van der Waals surface area contributed by atoms with Crippen molar-refractivity contribution in [3.8, 4) is 21.9 Å². The Morgan fingerprint density at radius 3 is 2.47 bits per heavy atom. The molecule has 0 aliphatic carbocycles. The number of rotatable bonds is 9. The molecular weight excluding hydrogens is 452 g/mol. The molecular formula is C26H26N2O5S. The number of carboxylic acid groups (broad SMARTS) is 1. The lowest BCUT2D eigenvalue weighted by atomic mass is 10.0. The van der Waals surface area contributed by atoms with E-state index < -0.39 is 11.4 Å². The number of nitrogens with zero attached hydrogens (tertiary/aromatic N) is 1. The van der Waals surface area contributed by atoms with Gasteiger partial charge in [0.2, 0.25) is 5.43 Å². The van der Waals surface area contributed by atoms with Gasteiger partial charge in [-0.3, -0.25) is 4.79 Å². The van der Waals surface area contributed by atoms with Gasteiger partial charge in [-0.15, -0.1) is 11.3 Å². The van der Waals surface area contributed by atoms with Gasteiger partial charge in [0.1, 0.15) is 21.9 Å². The second kappa shape index (κ2) is 10.1. The van der Waals surface area contributed by atoms with Gasteiger partial charge in [-0.2, -0.15) is 0 Å². The highest BCUT2D eigenvalue weighted by atomic mass is 32.1. The minimum atomic E-state index is -1.24. The summed E-state index contributed by atoms with van der Waals surface area (Å²) in [7, 11) is 3.22. The molecule has 0 fully saturated rings. The first kappa shape index (κ1) is 23.5. The first-order valence-electron chi connectivity index (χ1n) is 10.9. The summed E-state index contributed by atoms with van der Waals surface area (Å²) >= 11 is 1.48. The highest BCUT2D eigenvalue weighted by Crippen LogP contribution is 2.38. The number of carboxylic acids is 1. The summed E-state index contributed by atoms with van der Waals surface area (Å²) < 4.78 is 12.6. The lowest BCUT2D eigenvalue weighted by Gasteiger charge is -2.13. The number of aromatic carboxylic acids is 1. The molecule has 0 unspecified atom stereocenters. The first-order chi connectivity index (χ1) is 16.5. The highest BCUT2D eigenvalue weighted by molar-refractivity contribution is 7.22. The normalized spacial score (nSPS) is 11.0. The number of nitrogens with one attached hydrogen (secondary N) is 1. The number of aromatic nitrogens is 1. The van der Waals surface area contributed by atoms with Crippen LogP contribution in [-0.4, -0.2) is 36.4 Å². The molecule has 0 aliphatic heterocycles. The van der Waals surface area contributed by atoms with Crippen LogP contribution in [0.1, 0.15) is 28.4 Å². The zero-order valence-corrected chi connectivity index (χ0v) is 20.1. The maximum absolute atomic E-state index is 13.4. The second-order valence-corrected chi connectivity index (χ2v) is 8.71. The summed E-state index contributed by atoms with van der Waals surface area (Å²) in [5.41, 5.74) is 1.91. The van der Waals surface area contributed by atoms with E-state index in [9.17, 15) is 14.7 Å². The molecule has 2 aromatic carbocycles. The minimum Gasteiger partial charge on any atom is -0.497 e. The number of methoxy groups -OCH3 is 2. The topological polar surface area (TPSA) is 89.8 Å². The fourth-order valence-electron chi connectivity index (χ4n) is 3.98. The Kier molecular flexibility index (Phi) is 7.00. The smallest absolute Gasteiger partial charge is 0.341 e. The average molecular weight is 479 g/mol. The zero-order chi connectivity index (χ0) is 24.2. The Hall–Kier alpha value is -3.62. The molecule has 4 aromatic rings. The fraction of sp³-hybridized carbons (Fsp3) is 0.231. The van der Waals surface area contributed by atoms with Gasteiger partial charge < -0.3 is 24.5 Å². The molecule has 0 saturated carbocycles. The van der Waals surface area contributed by atoms with E-state index in [2.05, 4.69) is 5.32 Å². The summed E-state index contributed by atoms with van der Waals surface area (Å²) in [5.74, 6) is 0.195. The molecule has 0 saturated heterocycles. The van der Waals surface area contributed by atoms with Gasteiger partial charge in [0.25, 0.3) is 0 Å². The van der Waals surface area contributed by atoms with Crippen molar-refractivity contribution in [2.45, 2.75) is 20.0 Å². The molecule has 7 nitrogen and oxygen atoms in total. The molecule has 0 atom stereocenters. The molecule has 8 heteroatoms. The molecule has 0 aliphatic rings. The zero-order valence-electron chi connectivity index (χ0n) is 19.3. The van der Waals surface area contributed by atoms with Crippen LogP contribution in [0.5, 0.6) is 11.5 Å². The van der Waals surface area contributed by atoms with Gasteiger partial charge >= 0.3 is 5.97 Å². The Balaban J connectivity index is 2.00. The number of pyridine rings is 1. The summed E-state index contributed by atoms with van der Waals surface area (Å²) in [6, 6.07) is 15.2. The molecule has 2 N–H and O–H groups in total. The molecule has 176 valence electrons. The third-order valence-electron chi connectivity index (χ3n) is 5.67. The molecule has 0 bridgehead atoms. The van der Waals surface area contributed by atoms with Crippen LogP contribution < -0.4 is 20.2 Å². The first-order valence-corrected chi connectivity index (χ1v) is 11.7. The van der Waals surface area contributed by atoms with Crippen molar-refractivity contribution in [3.63, 3.8) is 0 Å². The van der Waals surface area contributed by atoms with Crippen LogP contribution >= 0.6 is 11.3 Å². The van der Waals surface area contributed by atoms with Gasteiger partial charge in [-0.25, -0.2) is 4.79 Å². The quantitative estimate of drug-likeness (QED) is 0.365. The monoisotopic (exact) mass is 478 g/mol. The van der Waals surface area contributed by atoms with Crippen molar-refractivity contribution in [3.05, 3.63) is 81.6 Å². The van der Waals surface area contributed by atoms with Crippen LogP contribution in [0, 0.1) is 0 Å². The van der Waals surface area contributed by atoms with E-state index in [-0.39, 0.29) is 5.56 Å². The van der Waals surface area contributed by atoms with Gasteiger partial charge in [-0.1, -0.05) is 25.1 Å². The van der Waals surface area contributed by atoms with Gasteiger partial charge in [0, 0.05) is 23.2 Å². The van der Waals surface area contributed by atoms with Crippen molar-refractivity contribution in [1.29, 1.82) is 0 Å². The summed E-state index contributed by atoms with van der Waals surface area (Å²) in [5, 5.41) is 13.5.